The van der Waals surface area contributed by atoms with E-state index in [0.717, 1.165) is 28.9 Å². The highest BCUT2D eigenvalue weighted by molar-refractivity contribution is 7.90. The molecule has 0 amide bonds. The van der Waals surface area contributed by atoms with E-state index in [-0.39, 0.29) is 42.5 Å². The standard InChI is InChI=1S/C28H36F2N6O3S/c1-17(2)20-6-7-23(36-14-19(18(36)3)15-40(5,38)39)22-13-32-25(12-21(20)22)33-24-8-10-31-26(34-24)35-11-9-27(4,37)28(29,30)16-35/h6-8,10,12-13,17-19,37H,9,11,14-16H2,1-5H3,(H,31,32,33,34)/t18-,19-,27+/m1/s1. The van der Waals surface area contributed by atoms with Gasteiger partial charge in [0, 0.05) is 54.8 Å². The lowest BCUT2D eigenvalue weighted by Gasteiger charge is -2.48. The zero-order valence-corrected chi connectivity index (χ0v) is 24.2. The number of anilines is 4. The fourth-order valence-electron chi connectivity index (χ4n) is 5.55. The number of nitrogens with zero attached hydrogens (tertiary/aromatic N) is 5. The first-order valence-electron chi connectivity index (χ1n) is 13.5. The molecule has 0 unspecified atom stereocenters. The number of sulfone groups is 1. The number of benzene rings is 1. The number of piperidine rings is 1. The third-order valence-electron chi connectivity index (χ3n) is 8.19. The van der Waals surface area contributed by atoms with Gasteiger partial charge in [-0.25, -0.2) is 27.2 Å². The summed E-state index contributed by atoms with van der Waals surface area (Å²) < 4.78 is 52.5. The summed E-state index contributed by atoms with van der Waals surface area (Å²) in [5.41, 5.74) is 0.0991. The average molecular weight is 575 g/mol. The van der Waals surface area contributed by atoms with Crippen LogP contribution in [-0.4, -0.2) is 77.7 Å². The van der Waals surface area contributed by atoms with Crippen LogP contribution in [0.3, 0.4) is 0 Å². The van der Waals surface area contributed by atoms with E-state index >= 15 is 0 Å². The van der Waals surface area contributed by atoms with Crippen LogP contribution in [0.15, 0.2) is 36.7 Å². The number of nitrogens with one attached hydrogen (secondary N) is 1. The number of hydrogen-bond donors (Lipinski definition) is 2. The Labute approximate surface area is 233 Å². The van der Waals surface area contributed by atoms with E-state index in [4.69, 9.17) is 0 Å². The van der Waals surface area contributed by atoms with E-state index in [1.165, 1.54) is 17.4 Å². The van der Waals surface area contributed by atoms with Gasteiger partial charge in [-0.3, -0.25) is 0 Å². The third kappa shape index (κ3) is 5.43. The molecule has 0 spiro atoms. The summed E-state index contributed by atoms with van der Waals surface area (Å²) in [6, 6.07) is 7.89. The summed E-state index contributed by atoms with van der Waals surface area (Å²) in [4.78, 5) is 16.9. The van der Waals surface area contributed by atoms with Crippen molar-refractivity contribution in [1.29, 1.82) is 0 Å². The Balaban J connectivity index is 1.41. The molecule has 2 aliphatic heterocycles. The van der Waals surface area contributed by atoms with Crippen molar-refractivity contribution >= 4 is 43.9 Å². The van der Waals surface area contributed by atoms with Crippen LogP contribution < -0.4 is 15.1 Å². The molecule has 40 heavy (non-hydrogen) atoms. The van der Waals surface area contributed by atoms with Crippen LogP contribution in [-0.2, 0) is 9.84 Å². The lowest BCUT2D eigenvalue weighted by molar-refractivity contribution is -0.177. The summed E-state index contributed by atoms with van der Waals surface area (Å²) in [5.74, 6) is -1.66. The Kier molecular flexibility index (Phi) is 7.14. The molecule has 2 aliphatic rings. The van der Waals surface area contributed by atoms with Gasteiger partial charge in [-0.05, 0) is 55.3 Å². The van der Waals surface area contributed by atoms with Gasteiger partial charge in [0.25, 0.3) is 5.92 Å². The average Bonchev–Trinajstić information content (AvgIpc) is 2.86. The summed E-state index contributed by atoms with van der Waals surface area (Å²) in [6.45, 7) is 7.66. The van der Waals surface area contributed by atoms with Crippen LogP contribution in [0.1, 0.15) is 45.6 Å². The first kappa shape index (κ1) is 28.4. The lowest BCUT2D eigenvalue weighted by Crippen LogP contribution is -2.59. The van der Waals surface area contributed by atoms with Crippen LogP contribution >= 0.6 is 0 Å². The van der Waals surface area contributed by atoms with Crippen molar-refractivity contribution < 1.29 is 22.3 Å². The highest BCUT2D eigenvalue weighted by Crippen LogP contribution is 2.40. The third-order valence-corrected chi connectivity index (χ3v) is 9.23. The van der Waals surface area contributed by atoms with E-state index < -0.39 is 27.9 Å². The Morgan fingerprint density at radius 3 is 2.58 bits per heavy atom. The smallest absolute Gasteiger partial charge is 0.293 e. The Morgan fingerprint density at radius 2 is 1.93 bits per heavy atom. The fourth-order valence-corrected chi connectivity index (χ4v) is 6.71. The zero-order chi connectivity index (χ0) is 29.0. The fraction of sp³-hybridized carbons (Fsp3) is 0.536. The molecule has 2 N–H and O–H groups in total. The monoisotopic (exact) mass is 574 g/mol. The molecule has 9 nitrogen and oxygen atoms in total. The topological polar surface area (TPSA) is 112 Å². The molecule has 216 valence electrons. The van der Waals surface area contributed by atoms with Crippen LogP contribution in [0.2, 0.25) is 0 Å². The maximum Gasteiger partial charge on any atom is 0.293 e. The normalized spacial score (nSPS) is 24.8. The molecular weight excluding hydrogens is 538 g/mol. The molecular formula is C28H36F2N6O3S. The molecule has 4 heterocycles. The second kappa shape index (κ2) is 10.1. The van der Waals surface area contributed by atoms with Crippen molar-refractivity contribution in [2.75, 3.05) is 46.8 Å². The van der Waals surface area contributed by atoms with Crippen molar-refractivity contribution in [3.8, 4) is 0 Å². The van der Waals surface area contributed by atoms with Gasteiger partial charge in [0.15, 0.2) is 0 Å². The molecule has 0 saturated carbocycles. The number of aromatic nitrogens is 3. The SMILES string of the molecule is CC(C)c1ccc(N2C[C@H](CS(C)(=O)=O)[C@H]2C)c2cnc(Nc3ccnc(N4CC[C@](C)(O)C(F)(F)C4)n3)cc12. The molecule has 12 heteroatoms. The van der Waals surface area contributed by atoms with E-state index in [2.05, 4.69) is 58.1 Å². The van der Waals surface area contributed by atoms with Crippen molar-refractivity contribution in [1.82, 2.24) is 15.0 Å². The first-order valence-corrected chi connectivity index (χ1v) is 15.5. The Hall–Kier alpha value is -3.12. The first-order chi connectivity index (χ1) is 18.6. The highest BCUT2D eigenvalue weighted by Gasteiger charge is 2.53. The van der Waals surface area contributed by atoms with Gasteiger partial charge in [0.2, 0.25) is 5.95 Å². The van der Waals surface area contributed by atoms with Gasteiger partial charge in [-0.15, -0.1) is 0 Å². The van der Waals surface area contributed by atoms with Crippen molar-refractivity contribution in [3.63, 3.8) is 0 Å². The van der Waals surface area contributed by atoms with E-state index in [9.17, 15) is 22.3 Å². The van der Waals surface area contributed by atoms with E-state index in [1.807, 2.05) is 12.3 Å². The summed E-state index contributed by atoms with van der Waals surface area (Å²) in [7, 11) is -3.05. The maximum absolute atomic E-state index is 14.5. The Morgan fingerprint density at radius 1 is 1.18 bits per heavy atom. The minimum absolute atomic E-state index is 0.0849. The summed E-state index contributed by atoms with van der Waals surface area (Å²) in [6.07, 6.45) is 4.50. The number of hydrogen-bond acceptors (Lipinski definition) is 9. The molecule has 3 atom stereocenters. The molecule has 0 radical (unpaired) electrons. The predicted molar refractivity (Wildman–Crippen MR) is 154 cm³/mol. The molecule has 5 rings (SSSR count). The van der Waals surface area contributed by atoms with Crippen LogP contribution in [0.5, 0.6) is 0 Å². The van der Waals surface area contributed by atoms with Gasteiger partial charge >= 0.3 is 0 Å². The van der Waals surface area contributed by atoms with Crippen molar-refractivity contribution in [2.24, 2.45) is 5.92 Å². The molecule has 3 aromatic rings. The number of fused-ring (bicyclic) bond motifs is 1. The van der Waals surface area contributed by atoms with Gasteiger partial charge in [0.1, 0.15) is 27.1 Å². The molecule has 2 aromatic heterocycles. The number of halogens is 2. The zero-order valence-electron chi connectivity index (χ0n) is 23.4. The maximum atomic E-state index is 14.5. The molecule has 2 fully saturated rings. The van der Waals surface area contributed by atoms with Crippen LogP contribution in [0.4, 0.5) is 32.1 Å². The second-order valence-corrected chi connectivity index (χ2v) is 13.9. The molecule has 0 bridgehead atoms. The molecule has 2 saturated heterocycles. The summed E-state index contributed by atoms with van der Waals surface area (Å²) in [5, 5.41) is 15.2. The second-order valence-electron chi connectivity index (χ2n) is 11.7. The van der Waals surface area contributed by atoms with Gasteiger partial charge < -0.3 is 20.2 Å². The minimum atomic E-state index is -3.29. The van der Waals surface area contributed by atoms with Crippen molar-refractivity contribution in [2.45, 2.75) is 57.6 Å². The number of rotatable bonds is 7. The number of alkyl halides is 2. The number of pyridine rings is 1. The summed E-state index contributed by atoms with van der Waals surface area (Å²) >= 11 is 0. The number of aliphatic hydroxyl groups is 1. The molecule has 0 aliphatic carbocycles. The predicted octanol–water partition coefficient (Wildman–Crippen LogP) is 4.36. The van der Waals surface area contributed by atoms with Gasteiger partial charge in [0.05, 0.1) is 12.3 Å². The van der Waals surface area contributed by atoms with E-state index in [1.54, 1.807) is 6.07 Å². The Bertz CT molecular complexity index is 1530. The van der Waals surface area contributed by atoms with Gasteiger partial charge in [-0.1, -0.05) is 19.9 Å². The quantitative estimate of drug-likeness (QED) is 0.425. The van der Waals surface area contributed by atoms with E-state index in [0.29, 0.717) is 18.2 Å². The van der Waals surface area contributed by atoms with Gasteiger partial charge in [-0.2, -0.15) is 4.98 Å². The highest BCUT2D eigenvalue weighted by atomic mass is 32.2. The van der Waals surface area contributed by atoms with Crippen molar-refractivity contribution in [3.05, 3.63) is 42.2 Å². The largest absolute Gasteiger partial charge is 0.384 e. The molecule has 1 aromatic carbocycles. The van der Waals surface area contributed by atoms with Crippen LogP contribution in [0.25, 0.3) is 10.8 Å². The van der Waals surface area contributed by atoms with Crippen LogP contribution in [0, 0.1) is 5.92 Å². The minimum Gasteiger partial charge on any atom is -0.384 e. The lowest BCUT2D eigenvalue weighted by atomic mass is 9.88.